The summed E-state index contributed by atoms with van der Waals surface area (Å²) in [5.74, 6) is 1.01. The van der Waals surface area contributed by atoms with Crippen LogP contribution >= 0.6 is 12.4 Å². The fourth-order valence-electron chi connectivity index (χ4n) is 2.93. The van der Waals surface area contributed by atoms with Crippen LogP contribution in [0.4, 0.5) is 0 Å². The molecule has 2 aliphatic rings. The Kier molecular flexibility index (Phi) is 4.48. The second-order valence-electron chi connectivity index (χ2n) is 5.06. The van der Waals surface area contributed by atoms with Crippen LogP contribution in [0.1, 0.15) is 36.6 Å². The molecule has 1 aromatic carbocycles. The average Bonchev–Trinajstić information content (AvgIpc) is 2.90. The Morgan fingerprint density at radius 3 is 2.95 bits per heavy atom. The number of benzene rings is 1. The summed E-state index contributed by atoms with van der Waals surface area (Å²) < 4.78 is 6.10. The smallest absolute Gasteiger partial charge is 0.140 e. The van der Waals surface area contributed by atoms with Crippen LogP contribution in [0.3, 0.4) is 0 Å². The lowest BCUT2D eigenvalue weighted by molar-refractivity contribution is 0.0206. The van der Waals surface area contributed by atoms with Crippen molar-refractivity contribution in [3.8, 4) is 0 Å². The Morgan fingerprint density at radius 2 is 2.26 bits per heavy atom. The first-order valence-electron chi connectivity index (χ1n) is 6.84. The molecule has 0 fully saturated rings. The fourth-order valence-corrected chi connectivity index (χ4v) is 2.93. The van der Waals surface area contributed by atoms with Crippen molar-refractivity contribution in [2.24, 2.45) is 4.99 Å². The number of aryl methyl sites for hydroxylation is 1. The van der Waals surface area contributed by atoms with Gasteiger partial charge in [-0.15, -0.1) is 12.4 Å². The quantitative estimate of drug-likeness (QED) is 0.904. The molecule has 0 aliphatic carbocycles. The van der Waals surface area contributed by atoms with Crippen LogP contribution in [0.5, 0.6) is 0 Å². The topological polar surface area (TPSA) is 33.6 Å². The predicted molar refractivity (Wildman–Crippen MR) is 80.4 cm³/mol. The maximum absolute atomic E-state index is 6.10. The summed E-state index contributed by atoms with van der Waals surface area (Å²) in [7, 11) is 0. The molecule has 1 unspecified atom stereocenters. The summed E-state index contributed by atoms with van der Waals surface area (Å²) >= 11 is 0. The third kappa shape index (κ3) is 2.63. The molecule has 104 valence electrons. The molecule has 4 heteroatoms. The van der Waals surface area contributed by atoms with E-state index in [1.165, 1.54) is 16.7 Å². The van der Waals surface area contributed by atoms with Crippen molar-refractivity contribution >= 4 is 18.2 Å². The lowest BCUT2D eigenvalue weighted by atomic mass is 9.89. The van der Waals surface area contributed by atoms with E-state index in [1.54, 1.807) is 0 Å². The van der Waals surface area contributed by atoms with E-state index in [2.05, 4.69) is 42.4 Å². The van der Waals surface area contributed by atoms with E-state index >= 15 is 0 Å². The van der Waals surface area contributed by atoms with Gasteiger partial charge < -0.3 is 10.1 Å². The molecule has 0 radical (unpaired) electrons. The first kappa shape index (κ1) is 14.4. The molecule has 0 spiro atoms. The molecule has 0 amide bonds. The molecule has 19 heavy (non-hydrogen) atoms. The second kappa shape index (κ2) is 5.93. The zero-order valence-corrected chi connectivity index (χ0v) is 12.3. The normalized spacial score (nSPS) is 25.1. The van der Waals surface area contributed by atoms with Gasteiger partial charge in [0.15, 0.2) is 0 Å². The van der Waals surface area contributed by atoms with Gasteiger partial charge in [0.1, 0.15) is 11.9 Å². The summed E-state index contributed by atoms with van der Waals surface area (Å²) in [4.78, 5) is 4.53. The molecule has 0 saturated heterocycles. The zero-order valence-electron chi connectivity index (χ0n) is 11.5. The second-order valence-corrected chi connectivity index (χ2v) is 5.06. The van der Waals surface area contributed by atoms with E-state index in [-0.39, 0.29) is 24.6 Å². The maximum Gasteiger partial charge on any atom is 0.140 e. The van der Waals surface area contributed by atoms with E-state index in [0.29, 0.717) is 0 Å². The van der Waals surface area contributed by atoms with Crippen molar-refractivity contribution < 1.29 is 4.74 Å². The fraction of sp³-hybridized carbons (Fsp3) is 0.533. The minimum absolute atomic E-state index is 0. The van der Waals surface area contributed by atoms with Crippen molar-refractivity contribution in [2.75, 3.05) is 13.1 Å². The highest BCUT2D eigenvalue weighted by atomic mass is 35.5. The van der Waals surface area contributed by atoms with Crippen LogP contribution < -0.4 is 5.32 Å². The summed E-state index contributed by atoms with van der Waals surface area (Å²) in [6.45, 7) is 6.17. The Bertz CT molecular complexity index is 487. The first-order chi connectivity index (χ1) is 8.79. The molecule has 0 aromatic heterocycles. The average molecular weight is 281 g/mol. The maximum atomic E-state index is 6.10. The molecule has 0 bridgehead atoms. The van der Waals surface area contributed by atoms with Gasteiger partial charge >= 0.3 is 0 Å². The van der Waals surface area contributed by atoms with Crippen molar-refractivity contribution in [3.63, 3.8) is 0 Å². The van der Waals surface area contributed by atoms with E-state index < -0.39 is 0 Å². The van der Waals surface area contributed by atoms with E-state index in [0.717, 1.165) is 31.8 Å². The number of rotatable bonds is 2. The molecule has 2 atom stereocenters. The number of nitrogens with one attached hydrogen (secondary N) is 1. The largest absolute Gasteiger partial charge is 0.369 e. The monoisotopic (exact) mass is 280 g/mol. The molecular formula is C15H21ClN2O. The minimum atomic E-state index is 0. The number of halogens is 1. The van der Waals surface area contributed by atoms with Crippen LogP contribution in [-0.4, -0.2) is 25.0 Å². The van der Waals surface area contributed by atoms with Gasteiger partial charge in [0, 0.05) is 6.54 Å². The van der Waals surface area contributed by atoms with E-state index in [4.69, 9.17) is 4.74 Å². The third-order valence-corrected chi connectivity index (χ3v) is 3.78. The summed E-state index contributed by atoms with van der Waals surface area (Å²) in [6, 6.07) is 6.56. The first-order valence-corrected chi connectivity index (χ1v) is 6.84. The van der Waals surface area contributed by atoms with Crippen molar-refractivity contribution in [1.29, 1.82) is 0 Å². The molecule has 0 saturated carbocycles. The van der Waals surface area contributed by atoms with Gasteiger partial charge in [-0.2, -0.15) is 0 Å². The van der Waals surface area contributed by atoms with Gasteiger partial charge in [0.25, 0.3) is 0 Å². The highest BCUT2D eigenvalue weighted by Gasteiger charge is 2.31. The summed E-state index contributed by atoms with van der Waals surface area (Å²) in [5, 5.41) is 3.35. The Labute approximate surface area is 120 Å². The summed E-state index contributed by atoms with van der Waals surface area (Å²) in [5.41, 5.74) is 4.23. The van der Waals surface area contributed by atoms with Crippen LogP contribution in [-0.2, 0) is 17.6 Å². The van der Waals surface area contributed by atoms with Crippen LogP contribution in [0, 0.1) is 0 Å². The van der Waals surface area contributed by atoms with E-state index in [9.17, 15) is 0 Å². The highest BCUT2D eigenvalue weighted by Crippen LogP contribution is 2.33. The van der Waals surface area contributed by atoms with Gasteiger partial charge in [-0.3, -0.25) is 4.99 Å². The standard InChI is InChI=1S/C15H20N2O.ClH/c1-3-11-5-4-6-12-13(11)9-10(2)18-14(12)15-16-7-8-17-15;/h4-6,10,14H,3,7-9H2,1-2H3,(H,16,17);1H/t10-,14?;/m1./s1. The van der Waals surface area contributed by atoms with Crippen LogP contribution in [0.25, 0.3) is 0 Å². The minimum Gasteiger partial charge on any atom is -0.369 e. The molecule has 3 rings (SSSR count). The number of nitrogens with zero attached hydrogens (tertiary/aromatic N) is 1. The van der Waals surface area contributed by atoms with Crippen molar-refractivity contribution in [1.82, 2.24) is 5.32 Å². The number of hydrogen-bond acceptors (Lipinski definition) is 3. The number of ether oxygens (including phenoxy) is 1. The van der Waals surface area contributed by atoms with Gasteiger partial charge in [-0.1, -0.05) is 25.1 Å². The number of aliphatic imine (C=N–C) groups is 1. The molecule has 1 aromatic rings. The van der Waals surface area contributed by atoms with Crippen molar-refractivity contribution in [3.05, 3.63) is 34.9 Å². The van der Waals surface area contributed by atoms with Gasteiger partial charge in [0.05, 0.1) is 12.6 Å². The SMILES string of the molecule is CCc1cccc2c1C[C@@H](C)OC2C1=NCCN1.Cl. The van der Waals surface area contributed by atoms with E-state index in [1.807, 2.05) is 0 Å². The van der Waals surface area contributed by atoms with Crippen molar-refractivity contribution in [2.45, 2.75) is 38.9 Å². The Morgan fingerprint density at radius 1 is 1.42 bits per heavy atom. The highest BCUT2D eigenvalue weighted by molar-refractivity contribution is 5.89. The molecule has 1 N–H and O–H groups in total. The van der Waals surface area contributed by atoms with Crippen LogP contribution in [0.15, 0.2) is 23.2 Å². The molecular weight excluding hydrogens is 260 g/mol. The summed E-state index contributed by atoms with van der Waals surface area (Å²) in [6.07, 6.45) is 2.38. The molecule has 3 nitrogen and oxygen atoms in total. The Balaban J connectivity index is 0.00000133. The lowest BCUT2D eigenvalue weighted by Gasteiger charge is -2.32. The predicted octanol–water partition coefficient (Wildman–Crippen LogP) is 2.67. The molecule has 2 aliphatic heterocycles. The van der Waals surface area contributed by atoms with Gasteiger partial charge in [0.2, 0.25) is 0 Å². The number of hydrogen-bond donors (Lipinski definition) is 1. The number of fused-ring (bicyclic) bond motifs is 1. The Hall–Kier alpha value is -1.06. The van der Waals surface area contributed by atoms with Crippen LogP contribution in [0.2, 0.25) is 0 Å². The third-order valence-electron chi connectivity index (χ3n) is 3.78. The zero-order chi connectivity index (χ0) is 12.5. The molecule has 2 heterocycles. The van der Waals surface area contributed by atoms with Gasteiger partial charge in [-0.25, -0.2) is 0 Å². The lowest BCUT2D eigenvalue weighted by Crippen LogP contribution is -2.34. The number of amidine groups is 1. The van der Waals surface area contributed by atoms with Gasteiger partial charge in [-0.05, 0) is 36.5 Å².